The summed E-state index contributed by atoms with van der Waals surface area (Å²) in [5.74, 6) is 2.69. The fourth-order valence-corrected chi connectivity index (χ4v) is 3.42. The molecule has 0 aliphatic heterocycles. The monoisotopic (exact) mass is 328 g/mol. The van der Waals surface area contributed by atoms with Gasteiger partial charge in [0.1, 0.15) is 0 Å². The molecule has 0 aromatic heterocycles. The molecule has 110 valence electrons. The highest BCUT2D eigenvalue weighted by Crippen LogP contribution is 2.41. The van der Waals surface area contributed by atoms with Crippen molar-refractivity contribution in [1.29, 1.82) is 0 Å². The first kappa shape index (κ1) is 17.6. The molecule has 1 atom stereocenters. The second-order valence-corrected chi connectivity index (χ2v) is 12.0. The summed E-state index contributed by atoms with van der Waals surface area (Å²) >= 11 is 12.2. The molecule has 0 aliphatic rings. The molecule has 20 heavy (non-hydrogen) atoms. The maximum Gasteiger partial charge on any atom is 0.192 e. The molecule has 0 radical (unpaired) electrons. The molecule has 1 aromatic rings. The van der Waals surface area contributed by atoms with Gasteiger partial charge in [-0.05, 0) is 35.8 Å². The van der Waals surface area contributed by atoms with Gasteiger partial charge in [-0.15, -0.1) is 12.3 Å². The van der Waals surface area contributed by atoms with E-state index in [2.05, 4.69) is 39.8 Å². The van der Waals surface area contributed by atoms with Crippen molar-refractivity contribution in [1.82, 2.24) is 0 Å². The predicted octanol–water partition coefficient (Wildman–Crippen LogP) is 6.08. The Morgan fingerprint density at radius 1 is 1.30 bits per heavy atom. The van der Waals surface area contributed by atoms with E-state index in [1.165, 1.54) is 0 Å². The van der Waals surface area contributed by atoms with Crippen LogP contribution in [-0.2, 0) is 4.43 Å². The summed E-state index contributed by atoms with van der Waals surface area (Å²) in [7, 11) is -1.91. The van der Waals surface area contributed by atoms with Gasteiger partial charge in [0.05, 0.1) is 6.10 Å². The van der Waals surface area contributed by atoms with Crippen molar-refractivity contribution in [3.8, 4) is 12.3 Å². The number of hydrogen-bond donors (Lipinski definition) is 0. The van der Waals surface area contributed by atoms with E-state index >= 15 is 0 Å². The second kappa shape index (κ2) is 6.53. The van der Waals surface area contributed by atoms with Crippen molar-refractivity contribution < 1.29 is 4.43 Å². The van der Waals surface area contributed by atoms with Gasteiger partial charge in [0.25, 0.3) is 0 Å². The second-order valence-electron chi connectivity index (χ2n) is 6.44. The highest BCUT2D eigenvalue weighted by Gasteiger charge is 2.39. The third-order valence-corrected chi connectivity index (χ3v) is 8.90. The molecule has 0 amide bonds. The van der Waals surface area contributed by atoms with Crippen molar-refractivity contribution in [3.63, 3.8) is 0 Å². The Hall–Kier alpha value is -0.463. The van der Waals surface area contributed by atoms with Crippen molar-refractivity contribution in [2.24, 2.45) is 0 Å². The number of halogens is 2. The number of hydrogen-bond acceptors (Lipinski definition) is 1. The van der Waals surface area contributed by atoms with Crippen LogP contribution in [0.1, 0.15) is 38.9 Å². The first-order chi connectivity index (χ1) is 9.08. The highest BCUT2D eigenvalue weighted by molar-refractivity contribution is 6.74. The molecule has 0 N–H and O–H groups in total. The van der Waals surface area contributed by atoms with Gasteiger partial charge in [-0.3, -0.25) is 0 Å². The van der Waals surface area contributed by atoms with E-state index in [-0.39, 0.29) is 11.1 Å². The summed E-state index contributed by atoms with van der Waals surface area (Å²) in [6.07, 6.45) is 5.82. The van der Waals surface area contributed by atoms with E-state index < -0.39 is 8.32 Å². The summed E-state index contributed by atoms with van der Waals surface area (Å²) in [5.41, 5.74) is 0.916. The largest absolute Gasteiger partial charge is 0.409 e. The molecule has 1 unspecified atom stereocenters. The van der Waals surface area contributed by atoms with Crippen LogP contribution in [0.2, 0.25) is 28.2 Å². The van der Waals surface area contributed by atoms with Gasteiger partial charge in [0.2, 0.25) is 0 Å². The summed E-state index contributed by atoms with van der Waals surface area (Å²) in [6, 6.07) is 5.46. The summed E-state index contributed by atoms with van der Waals surface area (Å²) < 4.78 is 6.42. The average molecular weight is 329 g/mol. The zero-order valence-electron chi connectivity index (χ0n) is 12.8. The van der Waals surface area contributed by atoms with Gasteiger partial charge < -0.3 is 4.43 Å². The fraction of sp³-hybridized carbons (Fsp3) is 0.500. The normalized spacial score (nSPS) is 13.9. The molecular weight excluding hydrogens is 307 g/mol. The Morgan fingerprint density at radius 2 is 1.90 bits per heavy atom. The zero-order chi connectivity index (χ0) is 15.6. The van der Waals surface area contributed by atoms with Crippen LogP contribution >= 0.6 is 23.2 Å². The number of terminal acetylenes is 1. The Kier molecular flexibility index (Phi) is 5.75. The minimum atomic E-state index is -1.91. The number of rotatable bonds is 4. The molecule has 1 rings (SSSR count). The predicted molar refractivity (Wildman–Crippen MR) is 90.9 cm³/mol. The Labute approximate surface area is 133 Å². The lowest BCUT2D eigenvalue weighted by Gasteiger charge is -2.39. The SMILES string of the molecule is C#CCC(O[Si](C)(C)C(C)(C)C)c1ccc(Cl)cc1Cl. The zero-order valence-corrected chi connectivity index (χ0v) is 15.3. The molecule has 0 saturated carbocycles. The molecule has 0 aliphatic carbocycles. The Bertz CT molecular complexity index is 512. The Morgan fingerprint density at radius 3 is 2.35 bits per heavy atom. The quantitative estimate of drug-likeness (QED) is 0.480. The van der Waals surface area contributed by atoms with Crippen LogP contribution in [0.25, 0.3) is 0 Å². The van der Waals surface area contributed by atoms with E-state index in [1.807, 2.05) is 12.1 Å². The van der Waals surface area contributed by atoms with E-state index in [0.29, 0.717) is 16.5 Å². The van der Waals surface area contributed by atoms with Crippen LogP contribution < -0.4 is 0 Å². The van der Waals surface area contributed by atoms with Crippen molar-refractivity contribution >= 4 is 31.5 Å². The van der Waals surface area contributed by atoms with E-state index in [4.69, 9.17) is 34.1 Å². The molecule has 1 nitrogen and oxygen atoms in total. The molecule has 0 saturated heterocycles. The number of benzene rings is 1. The third kappa shape index (κ3) is 4.26. The molecule has 0 fully saturated rings. The first-order valence-electron chi connectivity index (χ1n) is 6.64. The molecular formula is C16H22Cl2OSi. The highest BCUT2D eigenvalue weighted by atomic mass is 35.5. The van der Waals surface area contributed by atoms with Gasteiger partial charge in [0, 0.05) is 16.5 Å². The van der Waals surface area contributed by atoms with E-state index in [0.717, 1.165) is 5.56 Å². The standard InChI is InChI=1S/C16H22Cl2OSi/c1-7-8-15(19-20(5,6)16(2,3)4)13-10-9-12(17)11-14(13)18/h1,9-11,15H,8H2,2-6H3. The Balaban J connectivity index is 3.10. The van der Waals surface area contributed by atoms with Crippen molar-refractivity contribution in [3.05, 3.63) is 33.8 Å². The van der Waals surface area contributed by atoms with E-state index in [9.17, 15) is 0 Å². The van der Waals surface area contributed by atoms with Crippen LogP contribution in [0, 0.1) is 12.3 Å². The molecule has 0 spiro atoms. The van der Waals surface area contributed by atoms with Gasteiger partial charge >= 0.3 is 0 Å². The van der Waals surface area contributed by atoms with Gasteiger partial charge in [-0.2, -0.15) is 0 Å². The van der Waals surface area contributed by atoms with Crippen LogP contribution in [-0.4, -0.2) is 8.32 Å². The van der Waals surface area contributed by atoms with Crippen LogP contribution in [0.15, 0.2) is 18.2 Å². The van der Waals surface area contributed by atoms with Crippen LogP contribution in [0.5, 0.6) is 0 Å². The molecule has 1 aromatic carbocycles. The molecule has 0 heterocycles. The smallest absolute Gasteiger partial charge is 0.192 e. The first-order valence-corrected chi connectivity index (χ1v) is 10.3. The van der Waals surface area contributed by atoms with Gasteiger partial charge in [-0.1, -0.05) is 50.0 Å². The topological polar surface area (TPSA) is 9.23 Å². The summed E-state index contributed by atoms with van der Waals surface area (Å²) in [4.78, 5) is 0. The van der Waals surface area contributed by atoms with Crippen LogP contribution in [0.4, 0.5) is 0 Å². The van der Waals surface area contributed by atoms with Gasteiger partial charge in [-0.25, -0.2) is 0 Å². The maximum absolute atomic E-state index is 6.42. The van der Waals surface area contributed by atoms with Gasteiger partial charge in [0.15, 0.2) is 8.32 Å². The fourth-order valence-electron chi connectivity index (χ4n) is 1.62. The lowest BCUT2D eigenvalue weighted by molar-refractivity contribution is 0.189. The lowest BCUT2D eigenvalue weighted by Crippen LogP contribution is -2.41. The minimum absolute atomic E-state index is 0.124. The summed E-state index contributed by atoms with van der Waals surface area (Å²) in [5, 5.41) is 1.35. The average Bonchev–Trinajstić information content (AvgIpc) is 2.26. The third-order valence-electron chi connectivity index (χ3n) is 3.86. The molecule has 0 bridgehead atoms. The minimum Gasteiger partial charge on any atom is -0.409 e. The van der Waals surface area contributed by atoms with Crippen molar-refractivity contribution in [2.75, 3.05) is 0 Å². The van der Waals surface area contributed by atoms with Crippen molar-refractivity contribution in [2.45, 2.75) is 51.4 Å². The van der Waals surface area contributed by atoms with E-state index in [1.54, 1.807) is 6.07 Å². The molecule has 4 heteroatoms. The summed E-state index contributed by atoms with van der Waals surface area (Å²) in [6.45, 7) is 11.0. The van der Waals surface area contributed by atoms with Crippen LogP contribution in [0.3, 0.4) is 0 Å². The lowest BCUT2D eigenvalue weighted by atomic mass is 10.1. The maximum atomic E-state index is 6.42.